The Morgan fingerprint density at radius 2 is 1.93 bits per heavy atom. The van der Waals surface area contributed by atoms with Gasteiger partial charge in [0, 0.05) is 28.5 Å². The maximum atomic E-state index is 14.3. The van der Waals surface area contributed by atoms with Gasteiger partial charge in [-0.2, -0.15) is 0 Å². The van der Waals surface area contributed by atoms with Gasteiger partial charge in [-0.15, -0.1) is 0 Å². The molecule has 0 atom stereocenters. The monoisotopic (exact) mass is 408 g/mol. The quantitative estimate of drug-likeness (QED) is 0.481. The van der Waals surface area contributed by atoms with Gasteiger partial charge in [-0.05, 0) is 32.4 Å². The molecule has 0 aliphatic carbocycles. The zero-order valence-electron chi connectivity index (χ0n) is 15.6. The molecule has 0 aliphatic rings. The molecule has 0 aliphatic heterocycles. The van der Waals surface area contributed by atoms with Gasteiger partial charge in [-0.25, -0.2) is 23.1 Å². The number of nitrogens with one attached hydrogen (secondary N) is 1. The Morgan fingerprint density at radius 1 is 1.21 bits per heavy atom. The fraction of sp³-hybridized carbons (Fsp3) is 0.263. The number of aromatic nitrogens is 2. The third-order valence-electron chi connectivity index (χ3n) is 4.33. The topological polar surface area (TPSA) is 80.9 Å². The summed E-state index contributed by atoms with van der Waals surface area (Å²) in [5.74, 6) is -0.101. The number of halogens is 3. The first-order chi connectivity index (χ1) is 13.1. The van der Waals surface area contributed by atoms with E-state index in [0.29, 0.717) is 33.5 Å². The van der Waals surface area contributed by atoms with Gasteiger partial charge in [0.1, 0.15) is 24.6 Å². The van der Waals surface area contributed by atoms with Gasteiger partial charge in [0.2, 0.25) is 0 Å². The van der Waals surface area contributed by atoms with Crippen LogP contribution in [-0.4, -0.2) is 23.3 Å². The van der Waals surface area contributed by atoms with Crippen molar-refractivity contribution in [3.8, 4) is 0 Å². The molecule has 0 saturated heterocycles. The first-order valence-electron chi connectivity index (χ1n) is 8.50. The van der Waals surface area contributed by atoms with Crippen LogP contribution in [0, 0.1) is 12.7 Å². The zero-order valence-corrected chi connectivity index (χ0v) is 16.5. The lowest BCUT2D eigenvalue weighted by Gasteiger charge is -2.15. The van der Waals surface area contributed by atoms with Gasteiger partial charge < -0.3 is 15.6 Å². The average molecular weight is 408 g/mol. The summed E-state index contributed by atoms with van der Waals surface area (Å²) in [7, 11) is -2.65. The van der Waals surface area contributed by atoms with Crippen LogP contribution in [0.5, 0.6) is 0 Å². The largest absolute Gasteiger partial charge is 0.398 e. The summed E-state index contributed by atoms with van der Waals surface area (Å²) in [6.45, 7) is 4.86. The minimum atomic E-state index is -2.89. The van der Waals surface area contributed by atoms with Gasteiger partial charge in [-0.3, -0.25) is 0 Å². The highest BCUT2D eigenvalue weighted by Crippen LogP contribution is 2.39. The molecule has 0 bridgehead atoms. The molecule has 0 radical (unpaired) electrons. The predicted molar refractivity (Wildman–Crippen MR) is 106 cm³/mol. The van der Waals surface area contributed by atoms with Crippen molar-refractivity contribution in [3.05, 3.63) is 53.1 Å². The van der Waals surface area contributed by atoms with Gasteiger partial charge in [0.25, 0.3) is 6.43 Å². The van der Waals surface area contributed by atoms with Crippen LogP contribution >= 0.6 is 7.14 Å². The van der Waals surface area contributed by atoms with E-state index in [1.807, 2.05) is 0 Å². The maximum Gasteiger partial charge on any atom is 0.266 e. The Bertz CT molecular complexity index is 1100. The second-order valence-corrected chi connectivity index (χ2v) is 10.1. The van der Waals surface area contributed by atoms with E-state index in [1.54, 1.807) is 32.4 Å². The van der Waals surface area contributed by atoms with Gasteiger partial charge >= 0.3 is 0 Å². The van der Waals surface area contributed by atoms with Crippen molar-refractivity contribution in [3.63, 3.8) is 0 Å². The average Bonchev–Trinajstić information content (AvgIpc) is 2.58. The minimum Gasteiger partial charge on any atom is -0.398 e. The number of nitrogen functional groups attached to an aromatic ring is 1. The maximum absolute atomic E-state index is 14.3. The molecule has 1 aromatic heterocycles. The summed E-state index contributed by atoms with van der Waals surface area (Å²) in [4.78, 5) is 8.67. The summed E-state index contributed by atoms with van der Waals surface area (Å²) in [6.07, 6.45) is -2.89. The third-order valence-corrected chi connectivity index (χ3v) is 5.87. The number of rotatable bonds is 5. The number of nitrogens with two attached hydrogens (primary N) is 1. The third kappa shape index (κ3) is 3.97. The number of fused-ring (bicyclic) bond motifs is 1. The van der Waals surface area contributed by atoms with Crippen molar-refractivity contribution in [1.29, 1.82) is 0 Å². The highest BCUT2D eigenvalue weighted by Gasteiger charge is 2.19. The molecule has 0 fully saturated rings. The summed E-state index contributed by atoms with van der Waals surface area (Å²) in [5, 5.41) is 4.06. The molecule has 0 spiro atoms. The standard InChI is InChI=1S/C19H20F3N4OP/c1-10-25-15-8-14(23)16(28(2,3)27)7-13(15)19(26-10)24-9-11-5-4-6-12(17(11)20)18(21)22/h4-8,18H,9,23H2,1-3H3,(H,24,25,26). The molecule has 3 rings (SSSR count). The van der Waals surface area contributed by atoms with E-state index in [9.17, 15) is 17.7 Å². The molecule has 0 amide bonds. The number of nitrogens with zero attached hydrogens (tertiary/aromatic N) is 2. The molecule has 0 unspecified atom stereocenters. The molecule has 0 saturated carbocycles. The molecule has 2 aromatic carbocycles. The molecule has 28 heavy (non-hydrogen) atoms. The molecule has 3 N–H and O–H groups in total. The number of alkyl halides is 2. The van der Waals surface area contributed by atoms with Gasteiger partial charge in [0.05, 0.1) is 11.1 Å². The number of hydrogen-bond donors (Lipinski definition) is 2. The number of benzene rings is 2. The number of anilines is 2. The summed E-state index contributed by atoms with van der Waals surface area (Å²) >= 11 is 0. The molecule has 5 nitrogen and oxygen atoms in total. The minimum absolute atomic E-state index is 0.0480. The van der Waals surface area contributed by atoms with Crippen molar-refractivity contribution >= 4 is 34.9 Å². The van der Waals surface area contributed by atoms with E-state index < -0.39 is 24.9 Å². The Kier molecular flexibility index (Phi) is 5.35. The lowest BCUT2D eigenvalue weighted by atomic mass is 10.1. The summed E-state index contributed by atoms with van der Waals surface area (Å²) in [6, 6.07) is 7.17. The highest BCUT2D eigenvalue weighted by molar-refractivity contribution is 7.70. The van der Waals surface area contributed by atoms with E-state index in [2.05, 4.69) is 15.3 Å². The van der Waals surface area contributed by atoms with E-state index in [-0.39, 0.29) is 12.1 Å². The highest BCUT2D eigenvalue weighted by atomic mass is 31.2. The van der Waals surface area contributed by atoms with Gasteiger partial charge in [-0.1, -0.05) is 18.2 Å². The van der Waals surface area contributed by atoms with E-state index in [4.69, 9.17) is 5.73 Å². The van der Waals surface area contributed by atoms with Crippen molar-refractivity contribution in [2.24, 2.45) is 0 Å². The smallest absolute Gasteiger partial charge is 0.266 e. The van der Waals surface area contributed by atoms with Crippen LogP contribution in [0.25, 0.3) is 10.9 Å². The van der Waals surface area contributed by atoms with Crippen molar-refractivity contribution in [1.82, 2.24) is 9.97 Å². The number of hydrogen-bond acceptors (Lipinski definition) is 5. The van der Waals surface area contributed by atoms with Crippen molar-refractivity contribution in [2.75, 3.05) is 24.4 Å². The normalized spacial score (nSPS) is 12.0. The van der Waals surface area contributed by atoms with Crippen molar-refractivity contribution < 1.29 is 17.7 Å². The first kappa shape index (κ1) is 20.1. The van der Waals surface area contributed by atoms with E-state index in [0.717, 1.165) is 6.07 Å². The fourth-order valence-electron chi connectivity index (χ4n) is 2.98. The molecular weight excluding hydrogens is 388 g/mol. The first-order valence-corrected chi connectivity index (χ1v) is 11.1. The molecule has 9 heteroatoms. The SMILES string of the molecule is Cc1nc(NCc2cccc(C(F)F)c2F)c2cc(P(C)(C)=O)c(N)cc2n1. The number of aryl methyl sites for hydroxylation is 1. The Balaban J connectivity index is 2.04. The lowest BCUT2D eigenvalue weighted by Crippen LogP contribution is -2.12. The van der Waals surface area contributed by atoms with Crippen LogP contribution in [-0.2, 0) is 11.1 Å². The predicted octanol–water partition coefficient (Wildman–Crippen LogP) is 4.46. The summed E-state index contributed by atoms with van der Waals surface area (Å²) < 4.78 is 52.6. The second kappa shape index (κ2) is 7.43. The van der Waals surface area contributed by atoms with E-state index >= 15 is 0 Å². The van der Waals surface area contributed by atoms with Crippen molar-refractivity contribution in [2.45, 2.75) is 19.9 Å². The molecule has 3 aromatic rings. The Hall–Kier alpha value is -2.60. The Labute approximate surface area is 160 Å². The van der Waals surface area contributed by atoms with Crippen LogP contribution in [0.3, 0.4) is 0 Å². The van der Waals surface area contributed by atoms with Gasteiger partial charge in [0.15, 0.2) is 0 Å². The van der Waals surface area contributed by atoms with Crippen LogP contribution < -0.4 is 16.4 Å². The summed E-state index contributed by atoms with van der Waals surface area (Å²) in [5.41, 5.74) is 6.40. The molecular formula is C19H20F3N4OP. The fourth-order valence-corrected chi connectivity index (χ4v) is 4.11. The zero-order chi connectivity index (χ0) is 20.6. The van der Waals surface area contributed by atoms with Crippen LogP contribution in [0.1, 0.15) is 23.4 Å². The van der Waals surface area contributed by atoms with Crippen LogP contribution in [0.15, 0.2) is 30.3 Å². The lowest BCUT2D eigenvalue weighted by molar-refractivity contribution is 0.146. The molecule has 148 valence electrons. The molecule has 1 heterocycles. The van der Waals surface area contributed by atoms with E-state index in [1.165, 1.54) is 12.1 Å². The Morgan fingerprint density at radius 3 is 2.57 bits per heavy atom. The second-order valence-electron chi connectivity index (χ2n) is 6.87. The van der Waals surface area contributed by atoms with Crippen LogP contribution in [0.4, 0.5) is 24.7 Å². The van der Waals surface area contributed by atoms with Crippen LogP contribution in [0.2, 0.25) is 0 Å².